The molecule has 26 heavy (non-hydrogen) atoms. The maximum Gasteiger partial charge on any atom is 0.253 e. The molecule has 2 aliphatic heterocycles. The third-order valence-electron chi connectivity index (χ3n) is 6.24. The van der Waals surface area contributed by atoms with E-state index in [9.17, 15) is 9.59 Å². The van der Waals surface area contributed by atoms with E-state index in [0.29, 0.717) is 22.9 Å². The fourth-order valence-corrected chi connectivity index (χ4v) is 4.31. The van der Waals surface area contributed by atoms with Crippen molar-refractivity contribution >= 4 is 22.8 Å². The number of hydrogen-bond donors (Lipinski definition) is 1. The van der Waals surface area contributed by atoms with Crippen molar-refractivity contribution in [1.29, 1.82) is 0 Å². The van der Waals surface area contributed by atoms with Crippen LogP contribution in [0.1, 0.15) is 42.5 Å². The fraction of sp³-hybridized carbons (Fsp3) is 0.579. The first-order valence-electron chi connectivity index (χ1n) is 9.50. The molecule has 1 aliphatic carbocycles. The van der Waals surface area contributed by atoms with E-state index < -0.39 is 0 Å². The largest absolute Gasteiger partial charge is 0.343 e. The van der Waals surface area contributed by atoms with Crippen LogP contribution in [-0.2, 0) is 4.79 Å². The summed E-state index contributed by atoms with van der Waals surface area (Å²) in [6.07, 6.45) is 5.20. The highest BCUT2D eigenvalue weighted by molar-refractivity contribution is 5.97. The van der Waals surface area contributed by atoms with E-state index >= 15 is 0 Å². The van der Waals surface area contributed by atoms with Gasteiger partial charge < -0.3 is 9.80 Å². The van der Waals surface area contributed by atoms with Gasteiger partial charge in [-0.3, -0.25) is 9.59 Å². The van der Waals surface area contributed by atoms with Gasteiger partial charge in [-0.15, -0.1) is 0 Å². The smallest absolute Gasteiger partial charge is 0.253 e. The van der Waals surface area contributed by atoms with Crippen LogP contribution in [-0.4, -0.2) is 63.2 Å². The number of aromatic amines is 1. The molecule has 3 heterocycles. The first kappa shape index (κ1) is 15.8. The zero-order valence-corrected chi connectivity index (χ0v) is 14.8. The summed E-state index contributed by atoms with van der Waals surface area (Å²) in [5.74, 6) is 1.04. The summed E-state index contributed by atoms with van der Waals surface area (Å²) in [7, 11) is 0. The number of benzene rings is 1. The number of nitrogens with one attached hydrogen (secondary N) is 1. The Labute approximate surface area is 151 Å². The highest BCUT2D eigenvalue weighted by atomic mass is 16.2. The second-order valence-corrected chi connectivity index (χ2v) is 8.22. The minimum Gasteiger partial charge on any atom is -0.343 e. The maximum absolute atomic E-state index is 12.7. The molecule has 136 valence electrons. The molecule has 1 saturated carbocycles. The number of piperidine rings is 1. The van der Waals surface area contributed by atoms with Crippen molar-refractivity contribution in [2.24, 2.45) is 11.3 Å². The van der Waals surface area contributed by atoms with Gasteiger partial charge in [-0.05, 0) is 49.8 Å². The first-order valence-corrected chi connectivity index (χ1v) is 9.50. The molecule has 5 rings (SSSR count). The van der Waals surface area contributed by atoms with Crippen molar-refractivity contribution in [1.82, 2.24) is 25.2 Å². The van der Waals surface area contributed by atoms with Crippen LogP contribution in [0.2, 0.25) is 0 Å². The number of carbonyl (C=O) groups is 2. The van der Waals surface area contributed by atoms with Gasteiger partial charge in [0.05, 0.1) is 0 Å². The van der Waals surface area contributed by atoms with Gasteiger partial charge in [-0.2, -0.15) is 15.4 Å². The molecular formula is C19H23N5O2. The summed E-state index contributed by atoms with van der Waals surface area (Å²) in [4.78, 5) is 28.9. The number of hydrogen-bond acceptors (Lipinski definition) is 4. The van der Waals surface area contributed by atoms with Crippen molar-refractivity contribution < 1.29 is 9.59 Å². The topological polar surface area (TPSA) is 82.2 Å². The van der Waals surface area contributed by atoms with Gasteiger partial charge in [0.15, 0.2) is 0 Å². The van der Waals surface area contributed by atoms with Crippen molar-refractivity contribution in [3.05, 3.63) is 23.8 Å². The molecular weight excluding hydrogens is 330 g/mol. The van der Waals surface area contributed by atoms with Crippen LogP contribution in [0.4, 0.5) is 0 Å². The molecule has 0 atom stereocenters. The van der Waals surface area contributed by atoms with Crippen LogP contribution in [0.5, 0.6) is 0 Å². The lowest BCUT2D eigenvalue weighted by atomic mass is 9.71. The second-order valence-electron chi connectivity index (χ2n) is 8.22. The summed E-state index contributed by atoms with van der Waals surface area (Å²) in [6, 6.07) is 5.44. The average Bonchev–Trinajstić information content (AvgIpc) is 3.32. The molecule has 2 saturated heterocycles. The Morgan fingerprint density at radius 2 is 1.81 bits per heavy atom. The molecule has 1 spiro atoms. The van der Waals surface area contributed by atoms with E-state index in [4.69, 9.17) is 0 Å². The lowest BCUT2D eigenvalue weighted by molar-refractivity contribution is -0.135. The standard InChI is InChI=1S/C19H23N5O2/c25-17(9-13-1-2-13)23-7-5-19(6-8-23)11-24(12-19)18(26)14-3-4-15-16(10-14)21-22-20-15/h3-4,10,13H,1-2,5-9,11-12H2,(H,20,21,22). The third-order valence-corrected chi connectivity index (χ3v) is 6.24. The molecule has 3 aliphatic rings. The number of nitrogens with zero attached hydrogens (tertiary/aromatic N) is 4. The molecule has 1 N–H and O–H groups in total. The Hall–Kier alpha value is -2.44. The third kappa shape index (κ3) is 2.75. The van der Waals surface area contributed by atoms with Crippen LogP contribution in [0.15, 0.2) is 18.2 Å². The fourth-order valence-electron chi connectivity index (χ4n) is 4.31. The summed E-state index contributed by atoms with van der Waals surface area (Å²) < 4.78 is 0. The Balaban J connectivity index is 1.18. The van der Waals surface area contributed by atoms with Crippen molar-refractivity contribution in [3.8, 4) is 0 Å². The Kier molecular flexibility index (Phi) is 3.52. The number of fused-ring (bicyclic) bond motifs is 1. The minimum absolute atomic E-state index is 0.0627. The van der Waals surface area contributed by atoms with Crippen molar-refractivity contribution in [2.75, 3.05) is 26.2 Å². The lowest BCUT2D eigenvalue weighted by Crippen LogP contribution is -2.62. The van der Waals surface area contributed by atoms with Crippen LogP contribution < -0.4 is 0 Å². The molecule has 7 nitrogen and oxygen atoms in total. The lowest BCUT2D eigenvalue weighted by Gasteiger charge is -2.54. The minimum atomic E-state index is 0.0627. The SMILES string of the molecule is O=C(CC1CC1)N1CCC2(CC1)CN(C(=O)c1ccc3n[nH]nc3c1)C2. The zero-order valence-electron chi connectivity index (χ0n) is 14.8. The molecule has 0 radical (unpaired) electrons. The van der Waals surface area contributed by atoms with Gasteiger partial charge in [0.2, 0.25) is 5.91 Å². The van der Waals surface area contributed by atoms with E-state index in [-0.39, 0.29) is 11.3 Å². The molecule has 0 unspecified atom stereocenters. The van der Waals surface area contributed by atoms with E-state index in [1.807, 2.05) is 21.9 Å². The van der Waals surface area contributed by atoms with Crippen LogP contribution in [0.25, 0.3) is 11.0 Å². The monoisotopic (exact) mass is 353 g/mol. The number of carbonyl (C=O) groups excluding carboxylic acids is 2. The predicted octanol–water partition coefficient (Wildman–Crippen LogP) is 1.82. The van der Waals surface area contributed by atoms with Crippen LogP contribution in [0.3, 0.4) is 0 Å². The van der Waals surface area contributed by atoms with Crippen molar-refractivity contribution in [2.45, 2.75) is 32.1 Å². The number of H-pyrrole nitrogens is 1. The zero-order chi connectivity index (χ0) is 17.7. The predicted molar refractivity (Wildman–Crippen MR) is 95.4 cm³/mol. The molecule has 0 bridgehead atoms. The average molecular weight is 353 g/mol. The normalized spacial score (nSPS) is 21.8. The number of amides is 2. The summed E-state index contributed by atoms with van der Waals surface area (Å²) in [6.45, 7) is 3.29. The van der Waals surface area contributed by atoms with Gasteiger partial charge in [0, 0.05) is 43.6 Å². The van der Waals surface area contributed by atoms with E-state index in [0.717, 1.165) is 51.0 Å². The molecule has 7 heteroatoms. The maximum atomic E-state index is 12.7. The number of likely N-dealkylation sites (tertiary alicyclic amines) is 2. The summed E-state index contributed by atoms with van der Waals surface area (Å²) in [5, 5.41) is 10.6. The van der Waals surface area contributed by atoms with E-state index in [1.165, 1.54) is 12.8 Å². The molecule has 2 aromatic rings. The summed E-state index contributed by atoms with van der Waals surface area (Å²) in [5.41, 5.74) is 2.36. The highest BCUT2D eigenvalue weighted by Crippen LogP contribution is 2.41. The van der Waals surface area contributed by atoms with E-state index in [1.54, 1.807) is 6.07 Å². The van der Waals surface area contributed by atoms with Gasteiger partial charge in [-0.1, -0.05) is 0 Å². The Bertz CT molecular complexity index is 856. The summed E-state index contributed by atoms with van der Waals surface area (Å²) >= 11 is 0. The van der Waals surface area contributed by atoms with Gasteiger partial charge in [0.1, 0.15) is 11.0 Å². The second kappa shape index (κ2) is 5.79. The number of rotatable bonds is 3. The van der Waals surface area contributed by atoms with Gasteiger partial charge in [-0.25, -0.2) is 0 Å². The molecule has 3 fully saturated rings. The van der Waals surface area contributed by atoms with Gasteiger partial charge in [0.25, 0.3) is 5.91 Å². The van der Waals surface area contributed by atoms with Crippen LogP contribution in [0, 0.1) is 11.3 Å². The quantitative estimate of drug-likeness (QED) is 0.912. The van der Waals surface area contributed by atoms with Crippen molar-refractivity contribution in [3.63, 3.8) is 0 Å². The van der Waals surface area contributed by atoms with Gasteiger partial charge >= 0.3 is 0 Å². The highest BCUT2D eigenvalue weighted by Gasteiger charge is 2.47. The van der Waals surface area contributed by atoms with Crippen LogP contribution >= 0.6 is 0 Å². The van der Waals surface area contributed by atoms with E-state index in [2.05, 4.69) is 15.4 Å². The first-order chi connectivity index (χ1) is 12.6. The molecule has 1 aromatic heterocycles. The Morgan fingerprint density at radius 1 is 1.08 bits per heavy atom. The number of aromatic nitrogens is 3. The molecule has 2 amide bonds. The Morgan fingerprint density at radius 3 is 2.54 bits per heavy atom. The molecule has 1 aromatic carbocycles.